The quantitative estimate of drug-likeness (QED) is 0.850. The van der Waals surface area contributed by atoms with Crippen molar-refractivity contribution in [1.82, 2.24) is 9.78 Å². The lowest BCUT2D eigenvalue weighted by Crippen LogP contribution is -2.19. The van der Waals surface area contributed by atoms with E-state index in [9.17, 15) is 4.39 Å². The van der Waals surface area contributed by atoms with Gasteiger partial charge in [-0.05, 0) is 57.3 Å². The van der Waals surface area contributed by atoms with Crippen LogP contribution in [-0.4, -0.2) is 14.9 Å². The maximum absolute atomic E-state index is 12.8. The molecule has 0 unspecified atom stereocenters. The van der Waals surface area contributed by atoms with Gasteiger partial charge in [-0.15, -0.1) is 0 Å². The number of rotatable bonds is 3. The summed E-state index contributed by atoms with van der Waals surface area (Å²) in [6.45, 7) is 6.78. The fraction of sp³-hybridized carbons (Fsp3) is 0.286. The number of aromatic nitrogens is 2. The van der Waals surface area contributed by atoms with Gasteiger partial charge in [0.1, 0.15) is 5.82 Å². The van der Waals surface area contributed by atoms with E-state index in [0.29, 0.717) is 5.11 Å². The zero-order valence-electron chi connectivity index (χ0n) is 11.7. The first-order valence-electron chi connectivity index (χ1n) is 6.39. The van der Waals surface area contributed by atoms with Gasteiger partial charge in [-0.2, -0.15) is 5.10 Å². The van der Waals surface area contributed by atoms with Crippen molar-refractivity contribution in [2.24, 2.45) is 0 Å². The Kier molecular flexibility index (Phi) is 4.34. The summed E-state index contributed by atoms with van der Waals surface area (Å²) < 4.78 is 14.7. The fourth-order valence-electron chi connectivity index (χ4n) is 1.99. The number of aryl methyl sites for hydroxylation is 2. The van der Waals surface area contributed by atoms with Gasteiger partial charge in [-0.1, -0.05) is 0 Å². The molecule has 0 bridgehead atoms. The lowest BCUT2D eigenvalue weighted by molar-refractivity contribution is 0.628. The molecule has 2 N–H and O–H groups in total. The summed E-state index contributed by atoms with van der Waals surface area (Å²) in [5.74, 6) is -0.273. The summed E-state index contributed by atoms with van der Waals surface area (Å²) in [7, 11) is 0. The second kappa shape index (κ2) is 6.00. The Morgan fingerprint density at radius 1 is 1.25 bits per heavy atom. The van der Waals surface area contributed by atoms with Gasteiger partial charge in [-0.25, -0.2) is 4.39 Å². The minimum Gasteiger partial charge on any atom is -0.332 e. The second-order valence-electron chi connectivity index (χ2n) is 4.45. The van der Waals surface area contributed by atoms with Crippen LogP contribution in [0.3, 0.4) is 0 Å². The number of halogens is 1. The molecule has 1 aromatic heterocycles. The minimum absolute atomic E-state index is 0.273. The van der Waals surface area contributed by atoms with Crippen molar-refractivity contribution < 1.29 is 4.39 Å². The molecule has 0 saturated heterocycles. The molecule has 20 heavy (non-hydrogen) atoms. The molecule has 1 heterocycles. The molecular formula is C14H17FN4S. The fourth-order valence-corrected chi connectivity index (χ4v) is 2.21. The summed E-state index contributed by atoms with van der Waals surface area (Å²) >= 11 is 5.26. The molecule has 0 spiro atoms. The van der Waals surface area contributed by atoms with Crippen LogP contribution >= 0.6 is 12.2 Å². The van der Waals surface area contributed by atoms with Crippen LogP contribution in [0.2, 0.25) is 0 Å². The van der Waals surface area contributed by atoms with Crippen molar-refractivity contribution >= 4 is 28.7 Å². The van der Waals surface area contributed by atoms with Gasteiger partial charge in [0.15, 0.2) is 5.11 Å². The molecule has 2 aromatic rings. The average molecular weight is 292 g/mol. The maximum atomic E-state index is 12.8. The molecule has 0 radical (unpaired) electrons. The van der Waals surface area contributed by atoms with Crippen molar-refractivity contribution in [2.45, 2.75) is 27.3 Å². The van der Waals surface area contributed by atoms with E-state index in [2.05, 4.69) is 15.7 Å². The molecule has 2 rings (SSSR count). The Morgan fingerprint density at radius 3 is 2.45 bits per heavy atom. The number of hydrogen-bond acceptors (Lipinski definition) is 2. The highest BCUT2D eigenvalue weighted by atomic mass is 32.1. The molecular weight excluding hydrogens is 275 g/mol. The van der Waals surface area contributed by atoms with Gasteiger partial charge in [0, 0.05) is 12.2 Å². The summed E-state index contributed by atoms with van der Waals surface area (Å²) in [6, 6.07) is 6.05. The Morgan fingerprint density at radius 2 is 1.90 bits per heavy atom. The predicted octanol–water partition coefficient (Wildman–Crippen LogP) is 3.47. The molecule has 1 aromatic carbocycles. The second-order valence-corrected chi connectivity index (χ2v) is 4.86. The molecule has 0 amide bonds. The van der Waals surface area contributed by atoms with Gasteiger partial charge in [0.05, 0.1) is 17.1 Å². The van der Waals surface area contributed by atoms with E-state index in [1.54, 1.807) is 12.1 Å². The largest absolute Gasteiger partial charge is 0.332 e. The Bertz CT molecular complexity index is 619. The monoisotopic (exact) mass is 292 g/mol. The first kappa shape index (κ1) is 14.5. The Balaban J connectivity index is 2.08. The lowest BCUT2D eigenvalue weighted by Gasteiger charge is -2.11. The summed E-state index contributed by atoms with van der Waals surface area (Å²) in [5.41, 5.74) is 3.58. The summed E-state index contributed by atoms with van der Waals surface area (Å²) in [5, 5.41) is 11.0. The van der Waals surface area contributed by atoms with Crippen LogP contribution in [0.4, 0.5) is 15.8 Å². The highest BCUT2D eigenvalue weighted by Gasteiger charge is 2.11. The van der Waals surface area contributed by atoms with Crippen molar-refractivity contribution in [1.29, 1.82) is 0 Å². The Labute approximate surface area is 123 Å². The maximum Gasteiger partial charge on any atom is 0.175 e. The van der Waals surface area contributed by atoms with E-state index < -0.39 is 0 Å². The van der Waals surface area contributed by atoms with Crippen LogP contribution < -0.4 is 10.6 Å². The van der Waals surface area contributed by atoms with E-state index in [-0.39, 0.29) is 5.82 Å². The van der Waals surface area contributed by atoms with Gasteiger partial charge >= 0.3 is 0 Å². The predicted molar refractivity (Wildman–Crippen MR) is 83.6 cm³/mol. The van der Waals surface area contributed by atoms with Gasteiger partial charge in [-0.3, -0.25) is 4.68 Å². The number of anilines is 2. The number of thiocarbonyl (C=S) groups is 1. The van der Waals surface area contributed by atoms with Crippen LogP contribution in [0.15, 0.2) is 24.3 Å². The molecule has 0 aliphatic heterocycles. The lowest BCUT2D eigenvalue weighted by atomic mass is 10.3. The van der Waals surface area contributed by atoms with Gasteiger partial charge < -0.3 is 10.6 Å². The van der Waals surface area contributed by atoms with Crippen LogP contribution in [-0.2, 0) is 6.54 Å². The third-order valence-electron chi connectivity index (χ3n) is 3.02. The first-order chi connectivity index (χ1) is 9.51. The third kappa shape index (κ3) is 3.14. The van der Waals surface area contributed by atoms with E-state index in [1.165, 1.54) is 12.1 Å². The molecule has 0 aliphatic rings. The van der Waals surface area contributed by atoms with Crippen LogP contribution in [0, 0.1) is 19.7 Å². The zero-order valence-corrected chi connectivity index (χ0v) is 12.5. The van der Waals surface area contributed by atoms with Crippen molar-refractivity contribution in [3.63, 3.8) is 0 Å². The molecule has 6 heteroatoms. The van der Waals surface area contributed by atoms with E-state index in [1.807, 2.05) is 25.5 Å². The van der Waals surface area contributed by atoms with Crippen LogP contribution in [0.25, 0.3) is 0 Å². The zero-order chi connectivity index (χ0) is 14.7. The van der Waals surface area contributed by atoms with E-state index in [4.69, 9.17) is 12.2 Å². The smallest absolute Gasteiger partial charge is 0.175 e. The van der Waals surface area contributed by atoms with Gasteiger partial charge in [0.2, 0.25) is 0 Å². The van der Waals surface area contributed by atoms with Crippen molar-refractivity contribution in [2.75, 3.05) is 10.6 Å². The Hall–Kier alpha value is -1.95. The molecule has 0 aliphatic carbocycles. The number of benzene rings is 1. The normalized spacial score (nSPS) is 10.4. The van der Waals surface area contributed by atoms with E-state index >= 15 is 0 Å². The highest BCUT2D eigenvalue weighted by Crippen LogP contribution is 2.19. The summed E-state index contributed by atoms with van der Waals surface area (Å²) in [6.07, 6.45) is 0. The van der Waals surface area contributed by atoms with Gasteiger partial charge in [0.25, 0.3) is 0 Å². The average Bonchev–Trinajstić information content (AvgIpc) is 2.69. The number of nitrogens with one attached hydrogen (secondary N) is 2. The third-order valence-corrected chi connectivity index (χ3v) is 3.23. The molecule has 106 valence electrons. The molecule has 0 fully saturated rings. The molecule has 4 nitrogen and oxygen atoms in total. The standard InChI is InChI=1S/C14H17FN4S/c1-4-19-10(3)13(9(2)18-19)17-14(20)16-12-7-5-11(15)6-8-12/h5-8H,4H2,1-3H3,(H2,16,17,20). The minimum atomic E-state index is -0.273. The van der Waals surface area contributed by atoms with Crippen molar-refractivity contribution in [3.05, 3.63) is 41.5 Å². The summed E-state index contributed by atoms with van der Waals surface area (Å²) in [4.78, 5) is 0. The molecule has 0 atom stereocenters. The van der Waals surface area contributed by atoms with Crippen LogP contribution in [0.1, 0.15) is 18.3 Å². The topological polar surface area (TPSA) is 41.9 Å². The van der Waals surface area contributed by atoms with E-state index in [0.717, 1.165) is 29.3 Å². The number of hydrogen-bond donors (Lipinski definition) is 2. The van der Waals surface area contributed by atoms with Crippen LogP contribution in [0.5, 0.6) is 0 Å². The SMILES string of the molecule is CCn1nc(C)c(NC(=S)Nc2ccc(F)cc2)c1C. The first-order valence-corrected chi connectivity index (χ1v) is 6.79. The molecule has 0 saturated carbocycles. The number of nitrogens with zero attached hydrogens (tertiary/aromatic N) is 2. The van der Waals surface area contributed by atoms with Crippen molar-refractivity contribution in [3.8, 4) is 0 Å². The highest BCUT2D eigenvalue weighted by molar-refractivity contribution is 7.80.